The molecule has 2 N–H and O–H groups in total. The minimum absolute atomic E-state index is 0.230. The molecule has 18 heavy (non-hydrogen) atoms. The van der Waals surface area contributed by atoms with E-state index in [4.69, 9.17) is 4.74 Å². The van der Waals surface area contributed by atoms with Crippen molar-refractivity contribution in [2.45, 2.75) is 24.9 Å². The Labute approximate surface area is 108 Å². The normalized spacial score (nSPS) is 21.3. The summed E-state index contributed by atoms with van der Waals surface area (Å²) in [5.41, 5.74) is 0.954. The van der Waals surface area contributed by atoms with Gasteiger partial charge in [0.2, 0.25) is 0 Å². The Hall–Kier alpha value is -1.39. The molecule has 4 nitrogen and oxygen atoms in total. The lowest BCUT2D eigenvalue weighted by molar-refractivity contribution is -0.143. The molecule has 1 aliphatic rings. The van der Waals surface area contributed by atoms with E-state index >= 15 is 0 Å². The zero-order chi connectivity index (χ0) is 12.8. The second kappa shape index (κ2) is 6.52. The van der Waals surface area contributed by atoms with Crippen LogP contribution in [0, 0.1) is 0 Å². The highest BCUT2D eigenvalue weighted by atomic mass is 16.5. The Bertz CT molecular complexity index is 375. The van der Waals surface area contributed by atoms with Gasteiger partial charge in [0.05, 0.1) is 7.11 Å². The van der Waals surface area contributed by atoms with Crippen LogP contribution in [0.2, 0.25) is 0 Å². The summed E-state index contributed by atoms with van der Waals surface area (Å²) in [7, 11) is 1.43. The van der Waals surface area contributed by atoms with Crippen LogP contribution in [0.3, 0.4) is 0 Å². The molecule has 2 rings (SSSR count). The molecule has 2 atom stereocenters. The number of esters is 1. The van der Waals surface area contributed by atoms with Gasteiger partial charge >= 0.3 is 5.97 Å². The average molecular weight is 248 g/mol. The van der Waals surface area contributed by atoms with Crippen molar-refractivity contribution in [1.29, 1.82) is 0 Å². The van der Waals surface area contributed by atoms with Crippen LogP contribution >= 0.6 is 0 Å². The second-order valence-electron chi connectivity index (χ2n) is 4.58. The van der Waals surface area contributed by atoms with Crippen molar-refractivity contribution in [3.05, 3.63) is 35.9 Å². The van der Waals surface area contributed by atoms with Gasteiger partial charge in [-0.15, -0.1) is 0 Å². The summed E-state index contributed by atoms with van der Waals surface area (Å²) in [6.07, 6.45) is 2.23. The fourth-order valence-electron chi connectivity index (χ4n) is 2.29. The molecular weight excluding hydrogens is 228 g/mol. The van der Waals surface area contributed by atoms with Crippen molar-refractivity contribution < 1.29 is 9.53 Å². The lowest BCUT2D eigenvalue weighted by Gasteiger charge is -2.28. The van der Waals surface area contributed by atoms with Crippen molar-refractivity contribution in [3.8, 4) is 0 Å². The molecule has 0 amide bonds. The minimum atomic E-state index is -0.374. The maximum Gasteiger partial charge on any atom is 0.327 e. The predicted octanol–water partition coefficient (Wildman–Crippen LogP) is 1.24. The Morgan fingerprint density at radius 3 is 2.83 bits per heavy atom. The fraction of sp³-hybridized carbons (Fsp3) is 0.500. The number of benzene rings is 1. The van der Waals surface area contributed by atoms with Crippen molar-refractivity contribution in [1.82, 2.24) is 10.6 Å². The lowest BCUT2D eigenvalue weighted by atomic mass is 10.0. The van der Waals surface area contributed by atoms with Crippen molar-refractivity contribution in [3.63, 3.8) is 0 Å². The van der Waals surface area contributed by atoms with Gasteiger partial charge in [-0.25, -0.2) is 4.79 Å². The molecule has 4 heteroatoms. The topological polar surface area (TPSA) is 50.4 Å². The predicted molar refractivity (Wildman–Crippen MR) is 70.2 cm³/mol. The third-order valence-electron chi connectivity index (χ3n) is 3.27. The quantitative estimate of drug-likeness (QED) is 0.787. The summed E-state index contributed by atoms with van der Waals surface area (Å²) in [5, 5.41) is 6.72. The third kappa shape index (κ3) is 3.31. The van der Waals surface area contributed by atoms with E-state index in [0.29, 0.717) is 6.04 Å². The van der Waals surface area contributed by atoms with Crippen molar-refractivity contribution in [2.75, 3.05) is 20.2 Å². The van der Waals surface area contributed by atoms with Gasteiger partial charge in [-0.1, -0.05) is 30.3 Å². The van der Waals surface area contributed by atoms with Crippen LogP contribution in [0.25, 0.3) is 0 Å². The highest BCUT2D eigenvalue weighted by Crippen LogP contribution is 2.16. The molecular formula is C14H20N2O2. The number of carbonyl (C=O) groups excluding carboxylic acids is 1. The van der Waals surface area contributed by atoms with E-state index in [9.17, 15) is 4.79 Å². The van der Waals surface area contributed by atoms with Gasteiger partial charge in [-0.05, 0) is 24.9 Å². The molecule has 0 saturated carbocycles. The summed E-state index contributed by atoms with van der Waals surface area (Å²) >= 11 is 0. The van der Waals surface area contributed by atoms with Crippen LogP contribution in [0.5, 0.6) is 0 Å². The zero-order valence-corrected chi connectivity index (χ0v) is 10.7. The van der Waals surface area contributed by atoms with E-state index in [1.807, 2.05) is 30.3 Å². The monoisotopic (exact) mass is 248 g/mol. The first-order valence-electron chi connectivity index (χ1n) is 6.41. The molecule has 1 fully saturated rings. The number of ether oxygens (including phenoxy) is 1. The smallest absolute Gasteiger partial charge is 0.327 e. The van der Waals surface area contributed by atoms with Crippen LogP contribution in [-0.2, 0) is 9.53 Å². The van der Waals surface area contributed by atoms with Gasteiger partial charge in [-0.2, -0.15) is 0 Å². The third-order valence-corrected chi connectivity index (χ3v) is 3.27. The number of hydrogen-bond acceptors (Lipinski definition) is 4. The highest BCUT2D eigenvalue weighted by molar-refractivity contribution is 5.77. The van der Waals surface area contributed by atoms with Crippen LogP contribution < -0.4 is 10.6 Å². The number of carbonyl (C=O) groups is 1. The van der Waals surface area contributed by atoms with Gasteiger partial charge in [-0.3, -0.25) is 5.32 Å². The Balaban J connectivity index is 2.07. The van der Waals surface area contributed by atoms with Gasteiger partial charge in [0, 0.05) is 12.6 Å². The second-order valence-corrected chi connectivity index (χ2v) is 4.58. The Morgan fingerprint density at radius 2 is 2.22 bits per heavy atom. The molecule has 1 aromatic carbocycles. The Kier molecular flexibility index (Phi) is 4.73. The maximum atomic E-state index is 11.9. The first-order valence-corrected chi connectivity index (χ1v) is 6.41. The summed E-state index contributed by atoms with van der Waals surface area (Å²) in [5.74, 6) is -0.230. The number of rotatable bonds is 4. The number of methoxy groups -OCH3 is 1. The van der Waals surface area contributed by atoms with Gasteiger partial charge < -0.3 is 10.1 Å². The van der Waals surface area contributed by atoms with Crippen LogP contribution in [-0.4, -0.2) is 32.2 Å². The summed E-state index contributed by atoms with van der Waals surface area (Å²) in [6.45, 7) is 1.97. The number of piperidine rings is 1. The van der Waals surface area contributed by atoms with Gasteiger partial charge in [0.25, 0.3) is 0 Å². The molecule has 0 radical (unpaired) electrons. The first kappa shape index (κ1) is 13.1. The summed E-state index contributed by atoms with van der Waals surface area (Å²) in [4.78, 5) is 11.9. The molecule has 1 aromatic rings. The molecule has 1 saturated heterocycles. The van der Waals surface area contributed by atoms with Gasteiger partial charge in [0.1, 0.15) is 6.04 Å². The van der Waals surface area contributed by atoms with Crippen molar-refractivity contribution >= 4 is 5.97 Å². The van der Waals surface area contributed by atoms with Crippen LogP contribution in [0.15, 0.2) is 30.3 Å². The molecule has 0 aromatic heterocycles. The SMILES string of the molecule is COC(=O)C(NC1CCCNC1)c1ccccc1. The fourth-order valence-corrected chi connectivity index (χ4v) is 2.29. The molecule has 1 aliphatic heterocycles. The molecule has 0 aliphatic carbocycles. The van der Waals surface area contributed by atoms with E-state index in [1.165, 1.54) is 7.11 Å². The van der Waals surface area contributed by atoms with Gasteiger partial charge in [0.15, 0.2) is 0 Å². The number of hydrogen-bond donors (Lipinski definition) is 2. The van der Waals surface area contributed by atoms with E-state index in [2.05, 4.69) is 10.6 Å². The van der Waals surface area contributed by atoms with Crippen LogP contribution in [0.1, 0.15) is 24.4 Å². The average Bonchev–Trinajstić information content (AvgIpc) is 2.46. The van der Waals surface area contributed by atoms with Crippen LogP contribution in [0.4, 0.5) is 0 Å². The number of nitrogens with one attached hydrogen (secondary N) is 2. The van der Waals surface area contributed by atoms with E-state index in [0.717, 1.165) is 31.5 Å². The molecule has 0 bridgehead atoms. The molecule has 98 valence electrons. The zero-order valence-electron chi connectivity index (χ0n) is 10.7. The lowest BCUT2D eigenvalue weighted by Crippen LogP contribution is -2.46. The summed E-state index contributed by atoms with van der Waals surface area (Å²) < 4.78 is 4.89. The van der Waals surface area contributed by atoms with E-state index in [-0.39, 0.29) is 12.0 Å². The Morgan fingerprint density at radius 1 is 1.44 bits per heavy atom. The maximum absolute atomic E-state index is 11.9. The van der Waals surface area contributed by atoms with Crippen molar-refractivity contribution in [2.24, 2.45) is 0 Å². The molecule has 1 heterocycles. The minimum Gasteiger partial charge on any atom is -0.468 e. The highest BCUT2D eigenvalue weighted by Gasteiger charge is 2.25. The standard InChI is InChI=1S/C14H20N2O2/c1-18-14(17)13(11-6-3-2-4-7-11)16-12-8-5-9-15-10-12/h2-4,6-7,12-13,15-16H,5,8-10H2,1H3. The van der Waals surface area contributed by atoms with E-state index < -0.39 is 0 Å². The summed E-state index contributed by atoms with van der Waals surface area (Å²) in [6, 6.07) is 9.66. The largest absolute Gasteiger partial charge is 0.468 e. The molecule has 0 spiro atoms. The molecule has 2 unspecified atom stereocenters. The first-order chi connectivity index (χ1) is 8.81. The van der Waals surface area contributed by atoms with E-state index in [1.54, 1.807) is 0 Å².